The second-order valence-corrected chi connectivity index (χ2v) is 8.02. The standard InChI is InChI=1S/C16H18ClOP/c1-2-3-13-19(18,15-7-5-4-6-8-15)16-11-9-14(17)10-12-16/h4-12H,2-3,13H2,1H3/t19-/m0/s1. The van der Waals surface area contributed by atoms with E-state index in [-0.39, 0.29) is 0 Å². The van der Waals surface area contributed by atoms with Crippen LogP contribution in [0.25, 0.3) is 0 Å². The Bertz CT molecular complexity index is 563. The Hall–Kier alpha value is -1.04. The first-order chi connectivity index (χ1) is 9.16. The molecule has 3 heteroatoms. The molecule has 0 saturated carbocycles. The van der Waals surface area contributed by atoms with Gasteiger partial charge in [0.15, 0.2) is 0 Å². The molecule has 19 heavy (non-hydrogen) atoms. The van der Waals surface area contributed by atoms with Gasteiger partial charge in [0.2, 0.25) is 0 Å². The highest BCUT2D eigenvalue weighted by molar-refractivity contribution is 7.78. The minimum absolute atomic E-state index is 0.679. The number of benzene rings is 2. The van der Waals surface area contributed by atoms with Gasteiger partial charge in [0.1, 0.15) is 7.14 Å². The summed E-state index contributed by atoms with van der Waals surface area (Å²) in [5.74, 6) is 0. The average Bonchev–Trinajstić information content (AvgIpc) is 2.46. The Morgan fingerprint density at radius 2 is 1.53 bits per heavy atom. The monoisotopic (exact) mass is 292 g/mol. The molecule has 1 nitrogen and oxygen atoms in total. The highest BCUT2D eigenvalue weighted by Gasteiger charge is 2.26. The van der Waals surface area contributed by atoms with Crippen LogP contribution in [-0.4, -0.2) is 6.16 Å². The van der Waals surface area contributed by atoms with Gasteiger partial charge in [0.05, 0.1) is 0 Å². The summed E-state index contributed by atoms with van der Waals surface area (Å²) >= 11 is 5.92. The minimum Gasteiger partial charge on any atom is -0.314 e. The lowest BCUT2D eigenvalue weighted by atomic mass is 10.4. The quantitative estimate of drug-likeness (QED) is 0.744. The van der Waals surface area contributed by atoms with Crippen LogP contribution in [-0.2, 0) is 4.57 Å². The SMILES string of the molecule is CCCC[P@](=O)(c1ccccc1)c1ccc(Cl)cc1. The Kier molecular flexibility index (Phi) is 4.85. The third kappa shape index (κ3) is 3.29. The van der Waals surface area contributed by atoms with Gasteiger partial charge in [-0.1, -0.05) is 55.3 Å². The van der Waals surface area contributed by atoms with Gasteiger partial charge in [0, 0.05) is 21.8 Å². The van der Waals surface area contributed by atoms with Crippen molar-refractivity contribution in [2.24, 2.45) is 0 Å². The zero-order valence-corrected chi connectivity index (χ0v) is 12.7. The van der Waals surface area contributed by atoms with Crippen molar-refractivity contribution in [3.63, 3.8) is 0 Å². The van der Waals surface area contributed by atoms with E-state index in [0.29, 0.717) is 5.02 Å². The summed E-state index contributed by atoms with van der Waals surface area (Å²) in [4.78, 5) is 0. The number of rotatable bonds is 5. The normalized spacial score (nSPS) is 14.0. The van der Waals surface area contributed by atoms with Gasteiger partial charge in [-0.25, -0.2) is 0 Å². The molecular weight excluding hydrogens is 275 g/mol. The highest BCUT2D eigenvalue weighted by atomic mass is 35.5. The molecule has 2 rings (SSSR count). The first-order valence-corrected chi connectivity index (χ1v) is 8.84. The van der Waals surface area contributed by atoms with Gasteiger partial charge < -0.3 is 4.57 Å². The van der Waals surface area contributed by atoms with Crippen LogP contribution in [0.3, 0.4) is 0 Å². The largest absolute Gasteiger partial charge is 0.314 e. The Labute approximate surface area is 120 Å². The smallest absolute Gasteiger partial charge is 0.143 e. The van der Waals surface area contributed by atoms with Gasteiger partial charge >= 0.3 is 0 Å². The first-order valence-electron chi connectivity index (χ1n) is 6.57. The van der Waals surface area contributed by atoms with E-state index in [1.165, 1.54) is 0 Å². The highest BCUT2D eigenvalue weighted by Crippen LogP contribution is 2.44. The minimum atomic E-state index is -2.52. The number of hydrogen-bond acceptors (Lipinski definition) is 1. The lowest BCUT2D eigenvalue weighted by Crippen LogP contribution is -2.18. The van der Waals surface area contributed by atoms with Crippen LogP contribution in [0.2, 0.25) is 5.02 Å². The zero-order chi connectivity index (χ0) is 13.7. The number of unbranched alkanes of at least 4 members (excludes halogenated alkanes) is 1. The Balaban J connectivity index is 2.46. The molecule has 0 spiro atoms. The summed E-state index contributed by atoms with van der Waals surface area (Å²) in [5, 5.41) is 2.51. The summed E-state index contributed by atoms with van der Waals surface area (Å²) in [6, 6.07) is 17.2. The summed E-state index contributed by atoms with van der Waals surface area (Å²) < 4.78 is 13.4. The molecule has 0 heterocycles. The number of halogens is 1. The van der Waals surface area contributed by atoms with Crippen molar-refractivity contribution in [1.29, 1.82) is 0 Å². The first kappa shape index (κ1) is 14.4. The van der Waals surface area contributed by atoms with Crippen molar-refractivity contribution >= 4 is 29.4 Å². The second kappa shape index (κ2) is 6.41. The molecule has 0 aliphatic heterocycles. The van der Waals surface area contributed by atoms with Crippen molar-refractivity contribution in [2.75, 3.05) is 6.16 Å². The molecule has 0 fully saturated rings. The van der Waals surface area contributed by atoms with E-state index in [1.807, 2.05) is 54.6 Å². The predicted molar refractivity (Wildman–Crippen MR) is 84.5 cm³/mol. The van der Waals surface area contributed by atoms with E-state index in [1.54, 1.807) is 0 Å². The molecule has 0 aliphatic rings. The van der Waals surface area contributed by atoms with Gasteiger partial charge in [-0.05, 0) is 30.7 Å². The van der Waals surface area contributed by atoms with E-state index in [0.717, 1.165) is 29.6 Å². The Morgan fingerprint density at radius 3 is 2.11 bits per heavy atom. The molecule has 0 unspecified atom stereocenters. The summed E-state index contributed by atoms with van der Waals surface area (Å²) in [6.45, 7) is 2.12. The summed E-state index contributed by atoms with van der Waals surface area (Å²) in [6.07, 6.45) is 2.73. The van der Waals surface area contributed by atoms with Crippen molar-refractivity contribution in [3.05, 3.63) is 59.6 Å². The summed E-state index contributed by atoms with van der Waals surface area (Å²) in [5.41, 5.74) is 0. The van der Waals surface area contributed by atoms with Gasteiger partial charge in [-0.3, -0.25) is 0 Å². The van der Waals surface area contributed by atoms with Crippen LogP contribution in [0.15, 0.2) is 54.6 Å². The molecule has 2 aromatic rings. The van der Waals surface area contributed by atoms with E-state index in [9.17, 15) is 4.57 Å². The molecular formula is C16H18ClOP. The predicted octanol–water partition coefficient (Wildman–Crippen LogP) is 4.45. The lowest BCUT2D eigenvalue weighted by Gasteiger charge is -2.19. The molecule has 2 aromatic carbocycles. The van der Waals surface area contributed by atoms with E-state index in [2.05, 4.69) is 6.92 Å². The molecule has 0 aliphatic carbocycles. The topological polar surface area (TPSA) is 17.1 Å². The second-order valence-electron chi connectivity index (χ2n) is 4.63. The fourth-order valence-corrected chi connectivity index (χ4v) is 5.13. The molecule has 100 valence electrons. The fourth-order valence-electron chi connectivity index (χ4n) is 2.14. The fraction of sp³-hybridized carbons (Fsp3) is 0.250. The Morgan fingerprint density at radius 1 is 0.947 bits per heavy atom. The maximum absolute atomic E-state index is 13.4. The van der Waals surface area contributed by atoms with Crippen LogP contribution in [0, 0.1) is 0 Å². The van der Waals surface area contributed by atoms with Crippen LogP contribution >= 0.6 is 18.7 Å². The summed E-state index contributed by atoms with van der Waals surface area (Å²) in [7, 11) is -2.52. The lowest BCUT2D eigenvalue weighted by molar-refractivity contribution is 0.585. The van der Waals surface area contributed by atoms with E-state index < -0.39 is 7.14 Å². The van der Waals surface area contributed by atoms with Gasteiger partial charge in [-0.15, -0.1) is 0 Å². The van der Waals surface area contributed by atoms with E-state index in [4.69, 9.17) is 11.6 Å². The van der Waals surface area contributed by atoms with Gasteiger partial charge in [0.25, 0.3) is 0 Å². The molecule has 0 saturated heterocycles. The molecule has 0 aromatic heterocycles. The van der Waals surface area contributed by atoms with Crippen LogP contribution in [0.5, 0.6) is 0 Å². The average molecular weight is 293 g/mol. The molecule has 0 amide bonds. The van der Waals surface area contributed by atoms with Crippen molar-refractivity contribution < 1.29 is 4.57 Å². The molecule has 1 atom stereocenters. The number of hydrogen-bond donors (Lipinski definition) is 0. The molecule has 0 N–H and O–H groups in total. The van der Waals surface area contributed by atoms with Crippen molar-refractivity contribution in [2.45, 2.75) is 19.8 Å². The van der Waals surface area contributed by atoms with Crippen molar-refractivity contribution in [1.82, 2.24) is 0 Å². The third-order valence-electron chi connectivity index (χ3n) is 3.24. The maximum atomic E-state index is 13.4. The van der Waals surface area contributed by atoms with Gasteiger partial charge in [-0.2, -0.15) is 0 Å². The molecule has 0 radical (unpaired) electrons. The van der Waals surface area contributed by atoms with Crippen LogP contribution in [0.4, 0.5) is 0 Å². The third-order valence-corrected chi connectivity index (χ3v) is 6.71. The maximum Gasteiger partial charge on any atom is 0.143 e. The van der Waals surface area contributed by atoms with Crippen LogP contribution < -0.4 is 10.6 Å². The zero-order valence-electron chi connectivity index (χ0n) is 11.1. The van der Waals surface area contributed by atoms with Crippen molar-refractivity contribution in [3.8, 4) is 0 Å². The van der Waals surface area contributed by atoms with Crippen LogP contribution in [0.1, 0.15) is 19.8 Å². The molecule has 0 bridgehead atoms. The van der Waals surface area contributed by atoms with E-state index >= 15 is 0 Å².